The standard InChI is InChI=1S/C10H18N2O3S.ClH/c1-16(14,15)5-4-12(9-2-3-9)10(13)8-6-11-7-8;/h8-9,11H,2-7H2,1H3;1H. The van der Waals surface area contributed by atoms with Gasteiger partial charge in [0.05, 0.1) is 11.7 Å². The molecule has 100 valence electrons. The van der Waals surface area contributed by atoms with E-state index in [-0.39, 0.29) is 30.0 Å². The fourth-order valence-corrected chi connectivity index (χ4v) is 2.35. The molecule has 1 aliphatic heterocycles. The van der Waals surface area contributed by atoms with E-state index in [1.165, 1.54) is 6.26 Å². The highest BCUT2D eigenvalue weighted by molar-refractivity contribution is 7.90. The second kappa shape index (κ2) is 5.54. The van der Waals surface area contributed by atoms with Gasteiger partial charge in [0, 0.05) is 31.9 Å². The second-order valence-electron chi connectivity index (χ2n) is 4.75. The molecule has 0 aromatic heterocycles. The first-order valence-corrected chi connectivity index (χ1v) is 7.72. The van der Waals surface area contributed by atoms with Crippen LogP contribution < -0.4 is 5.32 Å². The van der Waals surface area contributed by atoms with E-state index >= 15 is 0 Å². The summed E-state index contributed by atoms with van der Waals surface area (Å²) in [5, 5.41) is 3.06. The van der Waals surface area contributed by atoms with E-state index in [2.05, 4.69) is 5.32 Å². The summed E-state index contributed by atoms with van der Waals surface area (Å²) in [6.07, 6.45) is 3.26. The zero-order valence-corrected chi connectivity index (χ0v) is 11.5. The highest BCUT2D eigenvalue weighted by Gasteiger charge is 2.37. The van der Waals surface area contributed by atoms with Crippen LogP contribution in [0, 0.1) is 5.92 Å². The fraction of sp³-hybridized carbons (Fsp3) is 0.900. The predicted molar refractivity (Wildman–Crippen MR) is 68.1 cm³/mol. The lowest BCUT2D eigenvalue weighted by atomic mass is 10.0. The number of carbonyl (C=O) groups is 1. The highest BCUT2D eigenvalue weighted by Crippen LogP contribution is 2.28. The van der Waals surface area contributed by atoms with Crippen molar-refractivity contribution < 1.29 is 13.2 Å². The highest BCUT2D eigenvalue weighted by atomic mass is 35.5. The zero-order valence-electron chi connectivity index (χ0n) is 9.89. The molecule has 0 atom stereocenters. The average molecular weight is 283 g/mol. The van der Waals surface area contributed by atoms with Crippen LogP contribution in [0.25, 0.3) is 0 Å². The Morgan fingerprint density at radius 3 is 2.29 bits per heavy atom. The lowest BCUT2D eigenvalue weighted by Gasteiger charge is -2.32. The molecule has 0 aromatic rings. The quantitative estimate of drug-likeness (QED) is 0.749. The van der Waals surface area contributed by atoms with Crippen molar-refractivity contribution in [3.05, 3.63) is 0 Å². The molecule has 1 saturated heterocycles. The molecule has 0 unspecified atom stereocenters. The van der Waals surface area contributed by atoms with Crippen molar-refractivity contribution in [3.63, 3.8) is 0 Å². The molecule has 0 bridgehead atoms. The Hall–Kier alpha value is -0.330. The largest absolute Gasteiger partial charge is 0.338 e. The number of nitrogens with zero attached hydrogens (tertiary/aromatic N) is 1. The van der Waals surface area contributed by atoms with Crippen LogP contribution in [-0.2, 0) is 14.6 Å². The van der Waals surface area contributed by atoms with Gasteiger partial charge in [-0.2, -0.15) is 0 Å². The first-order valence-electron chi connectivity index (χ1n) is 5.66. The van der Waals surface area contributed by atoms with Crippen molar-refractivity contribution in [2.24, 2.45) is 5.92 Å². The summed E-state index contributed by atoms with van der Waals surface area (Å²) in [5.74, 6) is 0.278. The Morgan fingerprint density at radius 1 is 1.35 bits per heavy atom. The molecule has 1 N–H and O–H groups in total. The van der Waals surface area contributed by atoms with Gasteiger partial charge >= 0.3 is 0 Å². The third-order valence-corrected chi connectivity index (χ3v) is 4.03. The Balaban J connectivity index is 0.00000144. The minimum absolute atomic E-state index is 0. The van der Waals surface area contributed by atoms with Crippen LogP contribution in [-0.4, -0.2) is 56.9 Å². The van der Waals surface area contributed by atoms with Crippen LogP contribution in [0.1, 0.15) is 12.8 Å². The number of nitrogens with one attached hydrogen (secondary N) is 1. The molecule has 2 aliphatic rings. The normalized spacial score (nSPS) is 20.3. The van der Waals surface area contributed by atoms with Gasteiger partial charge in [-0.05, 0) is 12.8 Å². The van der Waals surface area contributed by atoms with Crippen LogP contribution in [0.2, 0.25) is 0 Å². The van der Waals surface area contributed by atoms with Gasteiger partial charge < -0.3 is 10.2 Å². The Morgan fingerprint density at radius 2 is 1.94 bits per heavy atom. The Labute approximate surface area is 108 Å². The van der Waals surface area contributed by atoms with Crippen LogP contribution in [0.15, 0.2) is 0 Å². The van der Waals surface area contributed by atoms with Crippen LogP contribution in [0.3, 0.4) is 0 Å². The summed E-state index contributed by atoms with van der Waals surface area (Å²) >= 11 is 0. The van der Waals surface area contributed by atoms with Crippen molar-refractivity contribution in [3.8, 4) is 0 Å². The van der Waals surface area contributed by atoms with Crippen LogP contribution in [0.5, 0.6) is 0 Å². The van der Waals surface area contributed by atoms with Crippen molar-refractivity contribution in [2.75, 3.05) is 31.6 Å². The minimum atomic E-state index is -2.98. The summed E-state index contributed by atoms with van der Waals surface area (Å²) in [6.45, 7) is 1.83. The molecule has 0 spiro atoms. The minimum Gasteiger partial charge on any atom is -0.338 e. The maximum atomic E-state index is 12.0. The average Bonchev–Trinajstić information content (AvgIpc) is 2.82. The smallest absolute Gasteiger partial charge is 0.228 e. The van der Waals surface area contributed by atoms with Crippen molar-refractivity contribution >= 4 is 28.2 Å². The third-order valence-electron chi connectivity index (χ3n) is 3.10. The summed E-state index contributed by atoms with van der Waals surface area (Å²) in [7, 11) is -2.98. The topological polar surface area (TPSA) is 66.5 Å². The van der Waals surface area contributed by atoms with Crippen molar-refractivity contribution in [1.29, 1.82) is 0 Å². The predicted octanol–water partition coefficient (Wildman–Crippen LogP) is -0.337. The molecule has 5 nitrogen and oxygen atoms in total. The fourth-order valence-electron chi connectivity index (χ4n) is 1.82. The van der Waals surface area contributed by atoms with Crippen molar-refractivity contribution in [1.82, 2.24) is 10.2 Å². The first-order chi connectivity index (χ1) is 7.47. The number of amides is 1. The van der Waals surface area contributed by atoms with E-state index in [0.29, 0.717) is 12.6 Å². The van der Waals surface area contributed by atoms with E-state index in [1.807, 2.05) is 0 Å². The molecule has 2 fully saturated rings. The number of hydrogen-bond donors (Lipinski definition) is 1. The number of sulfone groups is 1. The maximum absolute atomic E-state index is 12.0. The maximum Gasteiger partial charge on any atom is 0.228 e. The third kappa shape index (κ3) is 4.12. The molecule has 2 rings (SSSR count). The monoisotopic (exact) mass is 282 g/mol. The molecule has 1 heterocycles. The van der Waals surface area contributed by atoms with Gasteiger partial charge in [0.15, 0.2) is 0 Å². The lowest BCUT2D eigenvalue weighted by molar-refractivity contribution is -0.137. The molecule has 1 amide bonds. The summed E-state index contributed by atoms with van der Waals surface area (Å²) < 4.78 is 22.2. The molecule has 0 aromatic carbocycles. The van der Waals surface area contributed by atoms with E-state index in [9.17, 15) is 13.2 Å². The van der Waals surface area contributed by atoms with Gasteiger partial charge in [-0.25, -0.2) is 8.42 Å². The first kappa shape index (κ1) is 14.7. The zero-order chi connectivity index (χ0) is 11.8. The second-order valence-corrected chi connectivity index (χ2v) is 7.01. The van der Waals surface area contributed by atoms with Gasteiger partial charge in [0.25, 0.3) is 0 Å². The molecule has 1 saturated carbocycles. The molecule has 0 radical (unpaired) electrons. The summed E-state index contributed by atoms with van der Waals surface area (Å²) in [5.41, 5.74) is 0. The SMILES string of the molecule is CS(=O)(=O)CCN(C(=O)C1CNC1)C1CC1.Cl. The lowest BCUT2D eigenvalue weighted by Crippen LogP contribution is -2.53. The number of rotatable bonds is 5. The Kier molecular flexibility index (Phi) is 4.80. The molecular formula is C10H19ClN2O3S. The van der Waals surface area contributed by atoms with Crippen LogP contribution in [0.4, 0.5) is 0 Å². The molecular weight excluding hydrogens is 264 g/mol. The number of hydrogen-bond acceptors (Lipinski definition) is 4. The van der Waals surface area contributed by atoms with Crippen molar-refractivity contribution in [2.45, 2.75) is 18.9 Å². The van der Waals surface area contributed by atoms with Gasteiger partial charge in [-0.3, -0.25) is 4.79 Å². The van der Waals surface area contributed by atoms with E-state index in [1.54, 1.807) is 4.90 Å². The van der Waals surface area contributed by atoms with E-state index in [0.717, 1.165) is 25.9 Å². The molecule has 1 aliphatic carbocycles. The van der Waals surface area contributed by atoms with Crippen LogP contribution >= 0.6 is 12.4 Å². The van der Waals surface area contributed by atoms with Gasteiger partial charge in [0.1, 0.15) is 9.84 Å². The van der Waals surface area contributed by atoms with E-state index < -0.39 is 9.84 Å². The number of carbonyl (C=O) groups excluding carboxylic acids is 1. The Bertz CT molecular complexity index is 377. The summed E-state index contributed by atoms with van der Waals surface area (Å²) in [4.78, 5) is 13.8. The number of halogens is 1. The molecule has 17 heavy (non-hydrogen) atoms. The van der Waals surface area contributed by atoms with Gasteiger partial charge in [-0.15, -0.1) is 12.4 Å². The van der Waals surface area contributed by atoms with Gasteiger partial charge in [-0.1, -0.05) is 0 Å². The summed E-state index contributed by atoms with van der Waals surface area (Å²) in [6, 6.07) is 0.301. The molecule has 7 heteroatoms. The van der Waals surface area contributed by atoms with Gasteiger partial charge in [0.2, 0.25) is 5.91 Å². The van der Waals surface area contributed by atoms with E-state index in [4.69, 9.17) is 0 Å².